The standard InChI is InChI=1S/C23H24ClFN4O4/c1-29-9-8-26-22(29)21(14-10-16(32-2)13-17(11-14)33-3)28-20(30)6-7-27-23(31)18-5-4-15(25)12-19(18)24/h4-5,8-13,21H,6-7H2,1-3H3,(H,27,31)(H,28,30). The Morgan fingerprint density at radius 2 is 1.85 bits per heavy atom. The van der Waals surface area contributed by atoms with Crippen molar-refractivity contribution in [1.82, 2.24) is 20.2 Å². The molecule has 1 atom stereocenters. The first-order chi connectivity index (χ1) is 15.8. The molecule has 8 nitrogen and oxygen atoms in total. The second-order valence-electron chi connectivity index (χ2n) is 7.17. The molecule has 1 aromatic heterocycles. The van der Waals surface area contributed by atoms with Crippen molar-refractivity contribution in [2.24, 2.45) is 7.05 Å². The first-order valence-corrected chi connectivity index (χ1v) is 10.4. The van der Waals surface area contributed by atoms with Gasteiger partial charge in [0, 0.05) is 38.5 Å². The third kappa shape index (κ3) is 6.01. The van der Waals surface area contributed by atoms with Gasteiger partial charge in [0.2, 0.25) is 5.91 Å². The van der Waals surface area contributed by atoms with E-state index in [2.05, 4.69) is 15.6 Å². The fourth-order valence-electron chi connectivity index (χ4n) is 3.24. The monoisotopic (exact) mass is 474 g/mol. The Morgan fingerprint density at radius 3 is 2.42 bits per heavy atom. The Labute approximate surface area is 195 Å². The fourth-order valence-corrected chi connectivity index (χ4v) is 3.49. The number of aryl methyl sites for hydroxylation is 1. The summed E-state index contributed by atoms with van der Waals surface area (Å²) in [6.07, 6.45) is 3.42. The van der Waals surface area contributed by atoms with Gasteiger partial charge < -0.3 is 24.7 Å². The van der Waals surface area contributed by atoms with Crippen LogP contribution in [0.1, 0.15) is 34.2 Å². The summed E-state index contributed by atoms with van der Waals surface area (Å²) in [6.45, 7) is 0.0626. The number of nitrogens with zero attached hydrogens (tertiary/aromatic N) is 2. The molecule has 3 rings (SSSR count). The third-order valence-electron chi connectivity index (χ3n) is 4.94. The number of hydrogen-bond acceptors (Lipinski definition) is 5. The van der Waals surface area contributed by atoms with Crippen LogP contribution in [0.2, 0.25) is 5.02 Å². The number of benzene rings is 2. The minimum Gasteiger partial charge on any atom is -0.497 e. The van der Waals surface area contributed by atoms with Crippen molar-refractivity contribution in [3.63, 3.8) is 0 Å². The normalized spacial score (nSPS) is 11.5. The molecule has 0 radical (unpaired) electrons. The lowest BCUT2D eigenvalue weighted by atomic mass is 10.0. The number of imidazole rings is 1. The number of halogens is 2. The van der Waals surface area contributed by atoms with Crippen LogP contribution in [0.4, 0.5) is 4.39 Å². The lowest BCUT2D eigenvalue weighted by Crippen LogP contribution is -2.34. The van der Waals surface area contributed by atoms with Gasteiger partial charge in [-0.15, -0.1) is 0 Å². The molecule has 0 aliphatic heterocycles. The quantitative estimate of drug-likeness (QED) is 0.496. The van der Waals surface area contributed by atoms with E-state index in [9.17, 15) is 14.0 Å². The van der Waals surface area contributed by atoms with E-state index in [0.29, 0.717) is 17.3 Å². The second kappa shape index (κ2) is 10.8. The molecule has 3 aromatic rings. The molecular formula is C23H24ClFN4O4. The highest BCUT2D eigenvalue weighted by Gasteiger charge is 2.22. The minimum atomic E-state index is -0.580. The molecule has 1 heterocycles. The van der Waals surface area contributed by atoms with Crippen LogP contribution < -0.4 is 20.1 Å². The van der Waals surface area contributed by atoms with Crippen LogP contribution in [-0.2, 0) is 11.8 Å². The van der Waals surface area contributed by atoms with Gasteiger partial charge in [0.15, 0.2) is 0 Å². The molecule has 2 amide bonds. The zero-order chi connectivity index (χ0) is 24.0. The zero-order valence-electron chi connectivity index (χ0n) is 18.4. The van der Waals surface area contributed by atoms with Crippen LogP contribution in [-0.4, -0.2) is 42.1 Å². The van der Waals surface area contributed by atoms with Crippen molar-refractivity contribution in [2.75, 3.05) is 20.8 Å². The summed E-state index contributed by atoms with van der Waals surface area (Å²) in [5.74, 6) is 0.412. The molecule has 2 N–H and O–H groups in total. The van der Waals surface area contributed by atoms with E-state index in [0.717, 1.165) is 17.7 Å². The number of ether oxygens (including phenoxy) is 2. The molecule has 10 heteroatoms. The highest BCUT2D eigenvalue weighted by Crippen LogP contribution is 2.29. The van der Waals surface area contributed by atoms with Gasteiger partial charge in [-0.3, -0.25) is 9.59 Å². The summed E-state index contributed by atoms with van der Waals surface area (Å²) in [5.41, 5.74) is 0.851. The first-order valence-electron chi connectivity index (χ1n) is 10.0. The minimum absolute atomic E-state index is 0.00114. The van der Waals surface area contributed by atoms with Gasteiger partial charge in [-0.05, 0) is 35.9 Å². The van der Waals surface area contributed by atoms with Gasteiger partial charge in [-0.25, -0.2) is 9.37 Å². The van der Waals surface area contributed by atoms with Crippen LogP contribution in [0.3, 0.4) is 0 Å². The average Bonchev–Trinajstić information content (AvgIpc) is 3.22. The Kier molecular flexibility index (Phi) is 7.89. The molecule has 0 saturated carbocycles. The largest absolute Gasteiger partial charge is 0.497 e. The van der Waals surface area contributed by atoms with Gasteiger partial charge in [0.25, 0.3) is 5.91 Å². The molecule has 0 bridgehead atoms. The predicted octanol–water partition coefficient (Wildman–Crippen LogP) is 3.26. The van der Waals surface area contributed by atoms with E-state index < -0.39 is 17.8 Å². The zero-order valence-corrected chi connectivity index (χ0v) is 19.1. The molecule has 174 valence electrons. The van der Waals surface area contributed by atoms with Crippen LogP contribution in [0.15, 0.2) is 48.8 Å². The maximum absolute atomic E-state index is 13.2. The summed E-state index contributed by atoms with van der Waals surface area (Å²) in [6, 6.07) is 8.23. The highest BCUT2D eigenvalue weighted by molar-refractivity contribution is 6.33. The topological polar surface area (TPSA) is 94.5 Å². The van der Waals surface area contributed by atoms with E-state index in [-0.39, 0.29) is 29.5 Å². The number of aromatic nitrogens is 2. The lowest BCUT2D eigenvalue weighted by molar-refractivity contribution is -0.121. The lowest BCUT2D eigenvalue weighted by Gasteiger charge is -2.20. The van der Waals surface area contributed by atoms with Crippen LogP contribution in [0.5, 0.6) is 11.5 Å². The summed E-state index contributed by atoms with van der Waals surface area (Å²) in [4.78, 5) is 29.4. The smallest absolute Gasteiger partial charge is 0.252 e. The molecule has 0 saturated heterocycles. The van der Waals surface area contributed by atoms with Crippen LogP contribution >= 0.6 is 11.6 Å². The second-order valence-corrected chi connectivity index (χ2v) is 7.58. The maximum Gasteiger partial charge on any atom is 0.252 e. The van der Waals surface area contributed by atoms with Gasteiger partial charge in [0.05, 0.1) is 24.8 Å². The van der Waals surface area contributed by atoms with Crippen molar-refractivity contribution < 1.29 is 23.5 Å². The number of rotatable bonds is 9. The van der Waals surface area contributed by atoms with E-state index >= 15 is 0 Å². The van der Waals surface area contributed by atoms with E-state index in [4.69, 9.17) is 21.1 Å². The van der Waals surface area contributed by atoms with E-state index in [1.807, 2.05) is 7.05 Å². The molecule has 0 spiro atoms. The summed E-state index contributed by atoms with van der Waals surface area (Å²) >= 11 is 5.91. The number of nitrogens with one attached hydrogen (secondary N) is 2. The Hall–Kier alpha value is -3.59. The van der Waals surface area contributed by atoms with Gasteiger partial charge in [0.1, 0.15) is 29.2 Å². The molecule has 1 unspecified atom stereocenters. The Morgan fingerprint density at radius 1 is 1.15 bits per heavy atom. The van der Waals surface area contributed by atoms with Gasteiger partial charge in [-0.1, -0.05) is 11.6 Å². The van der Waals surface area contributed by atoms with Crippen molar-refractivity contribution >= 4 is 23.4 Å². The van der Waals surface area contributed by atoms with Crippen LogP contribution in [0.25, 0.3) is 0 Å². The predicted molar refractivity (Wildman–Crippen MR) is 121 cm³/mol. The van der Waals surface area contributed by atoms with Crippen molar-refractivity contribution in [3.05, 3.63) is 76.6 Å². The first kappa shape index (κ1) is 24.1. The fraction of sp³-hybridized carbons (Fsp3) is 0.261. The third-order valence-corrected chi connectivity index (χ3v) is 5.26. The van der Waals surface area contributed by atoms with E-state index in [1.54, 1.807) is 49.4 Å². The Bertz CT molecular complexity index is 1130. The molecule has 33 heavy (non-hydrogen) atoms. The SMILES string of the molecule is COc1cc(OC)cc(C(NC(=O)CCNC(=O)c2ccc(F)cc2Cl)c2nccn2C)c1. The van der Waals surface area contributed by atoms with Crippen LogP contribution in [0, 0.1) is 5.82 Å². The number of carbonyl (C=O) groups excluding carboxylic acids is 2. The molecular weight excluding hydrogens is 451 g/mol. The Balaban J connectivity index is 1.71. The van der Waals surface area contributed by atoms with E-state index in [1.165, 1.54) is 6.07 Å². The average molecular weight is 475 g/mol. The highest BCUT2D eigenvalue weighted by atomic mass is 35.5. The number of methoxy groups -OCH3 is 2. The summed E-state index contributed by atoms with van der Waals surface area (Å²) in [5, 5.41) is 5.57. The molecule has 2 aromatic carbocycles. The van der Waals surface area contributed by atoms with Gasteiger partial charge >= 0.3 is 0 Å². The number of amides is 2. The number of carbonyl (C=O) groups is 2. The van der Waals surface area contributed by atoms with Crippen molar-refractivity contribution in [3.8, 4) is 11.5 Å². The maximum atomic E-state index is 13.2. The molecule has 0 fully saturated rings. The van der Waals surface area contributed by atoms with Gasteiger partial charge in [-0.2, -0.15) is 0 Å². The van der Waals surface area contributed by atoms with Crippen molar-refractivity contribution in [1.29, 1.82) is 0 Å². The summed E-state index contributed by atoms with van der Waals surface area (Å²) < 4.78 is 25.7. The molecule has 0 aliphatic carbocycles. The summed E-state index contributed by atoms with van der Waals surface area (Å²) in [7, 11) is 4.91. The molecule has 0 aliphatic rings. The number of hydrogen-bond donors (Lipinski definition) is 2. The van der Waals surface area contributed by atoms with Crippen molar-refractivity contribution in [2.45, 2.75) is 12.5 Å².